The highest BCUT2D eigenvalue weighted by Crippen LogP contribution is 2.15. The Balaban J connectivity index is 1.49. The highest BCUT2D eigenvalue weighted by atomic mass is 16.1. The predicted molar refractivity (Wildman–Crippen MR) is 110 cm³/mol. The molecule has 1 atom stereocenters. The van der Waals surface area contributed by atoms with E-state index >= 15 is 0 Å². The summed E-state index contributed by atoms with van der Waals surface area (Å²) in [5, 5.41) is 12.2. The number of aromatic nitrogens is 2. The van der Waals surface area contributed by atoms with Gasteiger partial charge in [-0.15, -0.1) is 0 Å². The molecule has 1 N–H and O–H groups in total. The van der Waals surface area contributed by atoms with Crippen LogP contribution in [-0.2, 0) is 6.54 Å². The summed E-state index contributed by atoms with van der Waals surface area (Å²) < 4.78 is 0. The first-order valence-corrected chi connectivity index (χ1v) is 9.65. The fourth-order valence-corrected chi connectivity index (χ4v) is 3.77. The van der Waals surface area contributed by atoms with Crippen LogP contribution in [0.2, 0.25) is 0 Å². The summed E-state index contributed by atoms with van der Waals surface area (Å²) in [6, 6.07) is 18.1. The highest BCUT2D eigenvalue weighted by Gasteiger charge is 2.23. The molecule has 0 bridgehead atoms. The summed E-state index contributed by atoms with van der Waals surface area (Å²) >= 11 is 0. The van der Waals surface area contributed by atoms with Gasteiger partial charge < -0.3 is 10.2 Å². The van der Waals surface area contributed by atoms with E-state index in [0.29, 0.717) is 5.56 Å². The molecular weight excluding hydrogens is 350 g/mol. The van der Waals surface area contributed by atoms with Gasteiger partial charge in [0, 0.05) is 38.1 Å². The molecule has 28 heavy (non-hydrogen) atoms. The first kappa shape index (κ1) is 18.5. The molecule has 4 rings (SSSR count). The van der Waals surface area contributed by atoms with Crippen molar-refractivity contribution >= 4 is 16.8 Å². The molecule has 1 aliphatic rings. The van der Waals surface area contributed by atoms with Crippen LogP contribution < -0.4 is 5.32 Å². The van der Waals surface area contributed by atoms with Gasteiger partial charge in [-0.2, -0.15) is 10.2 Å². The van der Waals surface area contributed by atoms with Crippen molar-refractivity contribution in [1.82, 2.24) is 25.3 Å². The second-order valence-electron chi connectivity index (χ2n) is 7.43. The molecule has 144 valence electrons. The van der Waals surface area contributed by atoms with E-state index in [1.807, 2.05) is 30.3 Å². The standard InChI is InChI=1S/C22H25N5O/c1-26-11-12-27(14-17-7-3-2-4-8-17)16-18(15-26)24-22(28)20-13-23-25-21-10-6-5-9-19(20)21/h2-10,13,18H,11-12,14-16H2,1H3,(H,24,28). The van der Waals surface area contributed by atoms with Crippen molar-refractivity contribution in [2.75, 3.05) is 33.2 Å². The number of amides is 1. The van der Waals surface area contributed by atoms with Crippen LogP contribution in [0.4, 0.5) is 0 Å². The summed E-state index contributed by atoms with van der Waals surface area (Å²) in [4.78, 5) is 17.7. The maximum absolute atomic E-state index is 13.0. The lowest BCUT2D eigenvalue weighted by atomic mass is 10.1. The number of nitrogens with zero attached hydrogens (tertiary/aromatic N) is 4. The maximum Gasteiger partial charge on any atom is 0.253 e. The Morgan fingerprint density at radius 3 is 2.71 bits per heavy atom. The second kappa shape index (κ2) is 8.46. The van der Waals surface area contributed by atoms with Crippen molar-refractivity contribution in [1.29, 1.82) is 0 Å². The van der Waals surface area contributed by atoms with Crippen LogP contribution in [0.15, 0.2) is 60.8 Å². The first-order valence-electron chi connectivity index (χ1n) is 9.65. The normalized spacial score (nSPS) is 18.7. The monoisotopic (exact) mass is 375 g/mol. The topological polar surface area (TPSA) is 61.4 Å². The number of nitrogens with one attached hydrogen (secondary N) is 1. The van der Waals surface area contributed by atoms with Gasteiger partial charge >= 0.3 is 0 Å². The van der Waals surface area contributed by atoms with Gasteiger partial charge in [-0.3, -0.25) is 9.69 Å². The average molecular weight is 375 g/mol. The van der Waals surface area contributed by atoms with Crippen molar-refractivity contribution < 1.29 is 4.79 Å². The Morgan fingerprint density at radius 2 is 1.86 bits per heavy atom. The summed E-state index contributed by atoms with van der Waals surface area (Å²) in [7, 11) is 2.11. The number of rotatable bonds is 4. The Morgan fingerprint density at radius 1 is 1.07 bits per heavy atom. The van der Waals surface area contributed by atoms with E-state index in [-0.39, 0.29) is 11.9 Å². The maximum atomic E-state index is 13.0. The van der Waals surface area contributed by atoms with Crippen LogP contribution in [0.5, 0.6) is 0 Å². The van der Waals surface area contributed by atoms with Crippen LogP contribution in [0, 0.1) is 0 Å². The van der Waals surface area contributed by atoms with Crippen molar-refractivity contribution in [2.45, 2.75) is 12.6 Å². The largest absolute Gasteiger partial charge is 0.347 e. The zero-order chi connectivity index (χ0) is 19.3. The first-order chi connectivity index (χ1) is 13.7. The fourth-order valence-electron chi connectivity index (χ4n) is 3.77. The lowest BCUT2D eigenvalue weighted by Crippen LogP contribution is -2.46. The van der Waals surface area contributed by atoms with E-state index in [4.69, 9.17) is 0 Å². The minimum atomic E-state index is -0.0916. The Bertz CT molecular complexity index is 941. The molecule has 2 aromatic carbocycles. The number of likely N-dealkylation sites (N-methyl/N-ethyl adjacent to an activating group) is 1. The molecule has 6 heteroatoms. The van der Waals surface area contributed by atoms with E-state index in [1.54, 1.807) is 6.20 Å². The van der Waals surface area contributed by atoms with Crippen LogP contribution in [-0.4, -0.2) is 65.2 Å². The third kappa shape index (κ3) is 4.35. The molecule has 3 aromatic rings. The minimum absolute atomic E-state index is 0.0515. The van der Waals surface area contributed by atoms with Gasteiger partial charge in [0.15, 0.2) is 0 Å². The summed E-state index contributed by atoms with van der Waals surface area (Å²) in [6.45, 7) is 4.51. The minimum Gasteiger partial charge on any atom is -0.347 e. The van der Waals surface area contributed by atoms with Gasteiger partial charge in [0.1, 0.15) is 0 Å². The predicted octanol–water partition coefficient (Wildman–Crippen LogP) is 2.18. The van der Waals surface area contributed by atoms with E-state index in [2.05, 4.69) is 56.6 Å². The Hall–Kier alpha value is -2.83. The van der Waals surface area contributed by atoms with Gasteiger partial charge in [-0.25, -0.2) is 0 Å². The van der Waals surface area contributed by atoms with Crippen LogP contribution >= 0.6 is 0 Å². The third-order valence-electron chi connectivity index (χ3n) is 5.18. The van der Waals surface area contributed by atoms with Crippen molar-refractivity contribution in [2.24, 2.45) is 0 Å². The molecule has 1 saturated heterocycles. The molecule has 1 aromatic heterocycles. The molecule has 0 spiro atoms. The Kier molecular flexibility index (Phi) is 5.60. The highest BCUT2D eigenvalue weighted by molar-refractivity contribution is 6.05. The molecule has 0 radical (unpaired) electrons. The number of hydrogen-bond acceptors (Lipinski definition) is 5. The number of fused-ring (bicyclic) bond motifs is 1. The third-order valence-corrected chi connectivity index (χ3v) is 5.18. The smallest absolute Gasteiger partial charge is 0.253 e. The summed E-state index contributed by atoms with van der Waals surface area (Å²) in [5.41, 5.74) is 2.60. The number of carbonyl (C=O) groups excluding carboxylic acids is 1. The quantitative estimate of drug-likeness (QED) is 0.757. The average Bonchev–Trinajstić information content (AvgIpc) is 2.89. The summed E-state index contributed by atoms with van der Waals surface area (Å²) in [5.74, 6) is -0.0916. The fraction of sp³-hybridized carbons (Fsp3) is 0.318. The van der Waals surface area contributed by atoms with Gasteiger partial charge in [0.25, 0.3) is 5.91 Å². The van der Waals surface area contributed by atoms with Gasteiger partial charge in [0.2, 0.25) is 0 Å². The second-order valence-corrected chi connectivity index (χ2v) is 7.43. The van der Waals surface area contributed by atoms with Crippen LogP contribution in [0.1, 0.15) is 15.9 Å². The number of benzene rings is 2. The zero-order valence-electron chi connectivity index (χ0n) is 16.1. The molecule has 0 saturated carbocycles. The van der Waals surface area contributed by atoms with Crippen LogP contribution in [0.25, 0.3) is 10.9 Å². The molecule has 0 aliphatic carbocycles. The van der Waals surface area contributed by atoms with E-state index < -0.39 is 0 Å². The van der Waals surface area contributed by atoms with E-state index in [1.165, 1.54) is 5.56 Å². The van der Waals surface area contributed by atoms with Crippen molar-refractivity contribution in [3.8, 4) is 0 Å². The zero-order valence-corrected chi connectivity index (χ0v) is 16.1. The van der Waals surface area contributed by atoms with Crippen molar-refractivity contribution in [3.63, 3.8) is 0 Å². The molecule has 2 heterocycles. The summed E-state index contributed by atoms with van der Waals surface area (Å²) in [6.07, 6.45) is 1.56. The van der Waals surface area contributed by atoms with Crippen molar-refractivity contribution in [3.05, 3.63) is 71.9 Å². The van der Waals surface area contributed by atoms with Crippen LogP contribution in [0.3, 0.4) is 0 Å². The molecule has 6 nitrogen and oxygen atoms in total. The van der Waals surface area contributed by atoms with E-state index in [0.717, 1.165) is 43.6 Å². The van der Waals surface area contributed by atoms with E-state index in [9.17, 15) is 4.79 Å². The lowest BCUT2D eigenvalue weighted by molar-refractivity contribution is 0.0925. The molecule has 1 aliphatic heterocycles. The van der Waals surface area contributed by atoms with Gasteiger partial charge in [0.05, 0.1) is 23.3 Å². The lowest BCUT2D eigenvalue weighted by Gasteiger charge is -2.25. The molecule has 1 amide bonds. The Labute approximate surface area is 165 Å². The molecule has 1 unspecified atom stereocenters. The number of carbonyl (C=O) groups is 1. The molecule has 1 fully saturated rings. The SMILES string of the molecule is CN1CCN(Cc2ccccc2)CC(NC(=O)c2cnnc3ccccc23)C1. The van der Waals surface area contributed by atoms with Gasteiger partial charge in [-0.1, -0.05) is 48.5 Å². The number of hydrogen-bond donors (Lipinski definition) is 1. The molecular formula is C22H25N5O. The van der Waals surface area contributed by atoms with Gasteiger partial charge in [-0.05, 0) is 18.7 Å².